The quantitative estimate of drug-likeness (QED) is 0.551. The van der Waals surface area contributed by atoms with E-state index < -0.39 is 29.0 Å². The Labute approximate surface area is 189 Å². The minimum Gasteiger partial charge on any atom is -0.496 e. The zero-order chi connectivity index (χ0) is 24.2. The summed E-state index contributed by atoms with van der Waals surface area (Å²) in [4.78, 5) is 27.0. The Morgan fingerprint density at radius 3 is 2.33 bits per heavy atom. The van der Waals surface area contributed by atoms with E-state index in [-0.39, 0.29) is 23.4 Å². The van der Waals surface area contributed by atoms with E-state index in [1.54, 1.807) is 11.9 Å². The average molecular weight is 466 g/mol. The van der Waals surface area contributed by atoms with Crippen molar-refractivity contribution in [2.24, 2.45) is 5.92 Å². The molecular weight excluding hydrogens is 440 g/mol. The van der Waals surface area contributed by atoms with Crippen LogP contribution in [0.4, 0.5) is 23.2 Å². The molecule has 0 radical (unpaired) electrons. The summed E-state index contributed by atoms with van der Waals surface area (Å²) in [6.45, 7) is 0.647. The normalized spacial score (nSPS) is 14.6. The molecule has 2 aromatic carbocycles. The molecule has 33 heavy (non-hydrogen) atoms. The summed E-state index contributed by atoms with van der Waals surface area (Å²) in [5.74, 6) is -1.73. The van der Waals surface area contributed by atoms with E-state index in [1.807, 2.05) is 0 Å². The van der Waals surface area contributed by atoms with Crippen molar-refractivity contribution in [3.63, 3.8) is 0 Å². The van der Waals surface area contributed by atoms with E-state index in [1.165, 1.54) is 44.6 Å². The van der Waals surface area contributed by atoms with Crippen molar-refractivity contribution in [2.75, 3.05) is 26.0 Å². The predicted octanol–water partition coefficient (Wildman–Crippen LogP) is 5.76. The largest absolute Gasteiger partial charge is 0.496 e. The first-order chi connectivity index (χ1) is 15.6. The summed E-state index contributed by atoms with van der Waals surface area (Å²) in [6, 6.07) is 6.08. The Bertz CT molecular complexity index is 1020. The van der Waals surface area contributed by atoms with E-state index >= 15 is 0 Å². The molecule has 0 spiro atoms. The maximum absolute atomic E-state index is 14.1. The van der Waals surface area contributed by atoms with Crippen LogP contribution >= 0.6 is 0 Å². The molecule has 178 valence electrons. The van der Waals surface area contributed by atoms with Crippen molar-refractivity contribution in [3.8, 4) is 5.75 Å². The van der Waals surface area contributed by atoms with Crippen LogP contribution in [-0.4, -0.2) is 37.4 Å². The summed E-state index contributed by atoms with van der Waals surface area (Å²) in [6.07, 6.45) is 1.05. The van der Waals surface area contributed by atoms with Crippen LogP contribution in [0.5, 0.6) is 5.75 Å². The standard InChI is InChI=1S/C24H26F4N2O3/c1-30(14-15-6-4-3-5-7-15)23(32)19-11-9-17(13-21(19)33-2)29-22(31)18-10-8-16(12-20(18)25)24(26,27)28/h8-13,15H,3-7,14H2,1-2H3,(H,29,31). The van der Waals surface area contributed by atoms with Crippen molar-refractivity contribution in [2.45, 2.75) is 38.3 Å². The lowest BCUT2D eigenvalue weighted by atomic mass is 9.89. The number of anilines is 1. The van der Waals surface area contributed by atoms with Gasteiger partial charge in [-0.25, -0.2) is 4.39 Å². The van der Waals surface area contributed by atoms with Gasteiger partial charge >= 0.3 is 6.18 Å². The van der Waals surface area contributed by atoms with Crippen LogP contribution in [0, 0.1) is 11.7 Å². The summed E-state index contributed by atoms with van der Waals surface area (Å²) in [5.41, 5.74) is -1.19. The zero-order valence-corrected chi connectivity index (χ0v) is 18.5. The van der Waals surface area contributed by atoms with Gasteiger partial charge in [-0.05, 0) is 49.1 Å². The minimum atomic E-state index is -4.71. The molecule has 1 N–H and O–H groups in total. The zero-order valence-electron chi connectivity index (χ0n) is 18.5. The predicted molar refractivity (Wildman–Crippen MR) is 116 cm³/mol. The lowest BCUT2D eigenvalue weighted by Crippen LogP contribution is -2.32. The maximum atomic E-state index is 14.1. The first-order valence-corrected chi connectivity index (χ1v) is 10.7. The number of amides is 2. The van der Waals surface area contributed by atoms with Crippen molar-refractivity contribution in [1.29, 1.82) is 0 Å². The number of halogens is 4. The summed E-state index contributed by atoms with van der Waals surface area (Å²) < 4.78 is 57.5. The van der Waals surface area contributed by atoms with Crippen molar-refractivity contribution >= 4 is 17.5 Å². The van der Waals surface area contributed by atoms with E-state index in [9.17, 15) is 27.2 Å². The second-order valence-electron chi connectivity index (χ2n) is 8.25. The monoisotopic (exact) mass is 466 g/mol. The van der Waals surface area contributed by atoms with Gasteiger partial charge in [0.2, 0.25) is 0 Å². The molecule has 9 heteroatoms. The second kappa shape index (κ2) is 10.2. The third-order valence-corrected chi connectivity index (χ3v) is 5.83. The number of hydrogen-bond acceptors (Lipinski definition) is 3. The summed E-state index contributed by atoms with van der Waals surface area (Å²) >= 11 is 0. The number of carbonyl (C=O) groups is 2. The first-order valence-electron chi connectivity index (χ1n) is 10.7. The van der Waals surface area contributed by atoms with Gasteiger partial charge in [0.05, 0.1) is 23.8 Å². The van der Waals surface area contributed by atoms with Crippen LogP contribution < -0.4 is 10.1 Å². The SMILES string of the molecule is COc1cc(NC(=O)c2ccc(C(F)(F)F)cc2F)ccc1C(=O)N(C)CC1CCCCC1. The fraction of sp³-hybridized carbons (Fsp3) is 0.417. The van der Waals surface area contributed by atoms with Crippen LogP contribution in [-0.2, 0) is 6.18 Å². The highest BCUT2D eigenvalue weighted by Crippen LogP contribution is 2.31. The molecule has 0 aliphatic heterocycles. The van der Waals surface area contributed by atoms with Gasteiger partial charge in [0.1, 0.15) is 11.6 Å². The molecule has 5 nitrogen and oxygen atoms in total. The van der Waals surface area contributed by atoms with E-state index in [0.717, 1.165) is 18.9 Å². The molecule has 0 aromatic heterocycles. The fourth-order valence-corrected chi connectivity index (χ4v) is 4.07. The van der Waals surface area contributed by atoms with Gasteiger partial charge < -0.3 is 15.0 Å². The Morgan fingerprint density at radius 1 is 1.06 bits per heavy atom. The number of nitrogens with zero attached hydrogens (tertiary/aromatic N) is 1. The number of alkyl halides is 3. The molecule has 2 aromatic rings. The lowest BCUT2D eigenvalue weighted by Gasteiger charge is -2.27. The number of rotatable bonds is 6. The summed E-state index contributed by atoms with van der Waals surface area (Å²) in [5, 5.41) is 2.43. The van der Waals surface area contributed by atoms with Crippen molar-refractivity contribution in [1.82, 2.24) is 4.90 Å². The van der Waals surface area contributed by atoms with Crippen LogP contribution in [0.2, 0.25) is 0 Å². The minimum absolute atomic E-state index is 0.211. The third kappa shape index (κ3) is 6.03. The maximum Gasteiger partial charge on any atom is 0.416 e. The average Bonchev–Trinajstić information content (AvgIpc) is 2.78. The lowest BCUT2D eigenvalue weighted by molar-refractivity contribution is -0.137. The van der Waals surface area contributed by atoms with Crippen molar-refractivity contribution in [3.05, 3.63) is 58.9 Å². The van der Waals surface area contributed by atoms with Gasteiger partial charge in [0.15, 0.2) is 0 Å². The smallest absolute Gasteiger partial charge is 0.416 e. The third-order valence-electron chi connectivity index (χ3n) is 5.83. The summed E-state index contributed by atoms with van der Waals surface area (Å²) in [7, 11) is 3.12. The molecule has 1 fully saturated rings. The number of ether oxygens (including phenoxy) is 1. The number of hydrogen-bond donors (Lipinski definition) is 1. The van der Waals surface area contributed by atoms with Gasteiger partial charge in [0, 0.05) is 25.3 Å². The van der Waals surface area contributed by atoms with Crippen molar-refractivity contribution < 1.29 is 31.9 Å². The molecule has 0 saturated heterocycles. The van der Waals surface area contributed by atoms with Crippen LogP contribution in [0.25, 0.3) is 0 Å². The molecule has 3 rings (SSSR count). The van der Waals surface area contributed by atoms with E-state index in [2.05, 4.69) is 5.32 Å². The number of carbonyl (C=O) groups excluding carboxylic acids is 2. The van der Waals surface area contributed by atoms with Gasteiger partial charge in [-0.3, -0.25) is 9.59 Å². The van der Waals surface area contributed by atoms with Crippen LogP contribution in [0.3, 0.4) is 0 Å². The number of benzene rings is 2. The van der Waals surface area contributed by atoms with E-state index in [4.69, 9.17) is 4.74 Å². The van der Waals surface area contributed by atoms with Crippen LogP contribution in [0.1, 0.15) is 58.4 Å². The van der Waals surface area contributed by atoms with Gasteiger partial charge in [-0.15, -0.1) is 0 Å². The molecule has 1 aliphatic carbocycles. The topological polar surface area (TPSA) is 58.6 Å². The first kappa shape index (κ1) is 24.5. The Kier molecular flexibility index (Phi) is 7.61. The van der Waals surface area contributed by atoms with Gasteiger partial charge in [0.25, 0.3) is 11.8 Å². The highest BCUT2D eigenvalue weighted by Gasteiger charge is 2.31. The molecule has 0 heterocycles. The highest BCUT2D eigenvalue weighted by molar-refractivity contribution is 6.05. The Morgan fingerprint density at radius 2 is 1.73 bits per heavy atom. The molecule has 1 saturated carbocycles. The molecule has 2 amide bonds. The fourth-order valence-electron chi connectivity index (χ4n) is 4.07. The Balaban J connectivity index is 1.72. The highest BCUT2D eigenvalue weighted by atomic mass is 19.4. The van der Waals surface area contributed by atoms with Gasteiger partial charge in [-0.1, -0.05) is 19.3 Å². The van der Waals surface area contributed by atoms with E-state index in [0.29, 0.717) is 24.1 Å². The molecular formula is C24H26F4N2O3. The molecule has 0 atom stereocenters. The van der Waals surface area contributed by atoms with Crippen LogP contribution in [0.15, 0.2) is 36.4 Å². The Hall–Kier alpha value is -3.10. The molecule has 0 unspecified atom stereocenters. The number of methoxy groups -OCH3 is 1. The second-order valence-corrected chi connectivity index (χ2v) is 8.25. The molecule has 1 aliphatic rings. The van der Waals surface area contributed by atoms with Gasteiger partial charge in [-0.2, -0.15) is 13.2 Å². The number of nitrogens with one attached hydrogen (secondary N) is 1. The molecule has 0 bridgehead atoms.